The van der Waals surface area contributed by atoms with Gasteiger partial charge in [-0.15, -0.1) is 0 Å². The van der Waals surface area contributed by atoms with E-state index in [1.54, 1.807) is 0 Å². The summed E-state index contributed by atoms with van der Waals surface area (Å²) in [4.78, 5) is 13.8. The first kappa shape index (κ1) is 11.4. The molecule has 1 atom stereocenters. The van der Waals surface area contributed by atoms with Crippen molar-refractivity contribution < 1.29 is 4.79 Å². The molecule has 3 rings (SSSR count). The molecule has 1 aliphatic carbocycles. The quantitative estimate of drug-likeness (QED) is 0.859. The third-order valence-electron chi connectivity index (χ3n) is 4.12. The van der Waals surface area contributed by atoms with Crippen LogP contribution in [0.15, 0.2) is 24.3 Å². The third-order valence-corrected chi connectivity index (χ3v) is 4.12. The van der Waals surface area contributed by atoms with Crippen LogP contribution in [0.3, 0.4) is 0 Å². The highest BCUT2D eigenvalue weighted by molar-refractivity contribution is 5.94. The topological polar surface area (TPSA) is 44.4 Å². The summed E-state index contributed by atoms with van der Waals surface area (Å²) in [6, 6.07) is 8.38. The van der Waals surface area contributed by atoms with E-state index >= 15 is 0 Å². The number of benzene rings is 1. The lowest BCUT2D eigenvalue weighted by Crippen LogP contribution is -2.37. The molecule has 1 heterocycles. The van der Waals surface area contributed by atoms with Crippen LogP contribution in [0.25, 0.3) is 0 Å². The summed E-state index contributed by atoms with van der Waals surface area (Å²) in [5, 5.41) is 6.19. The normalized spacial score (nSPS) is 23.7. The van der Waals surface area contributed by atoms with Gasteiger partial charge in [-0.3, -0.25) is 4.90 Å². The molecule has 0 spiro atoms. The summed E-state index contributed by atoms with van der Waals surface area (Å²) in [5.74, 6) is 0.690. The van der Waals surface area contributed by atoms with Gasteiger partial charge in [0.25, 0.3) is 0 Å². The van der Waals surface area contributed by atoms with Gasteiger partial charge in [-0.2, -0.15) is 0 Å². The highest BCUT2D eigenvalue weighted by atomic mass is 16.2. The van der Waals surface area contributed by atoms with Crippen LogP contribution in [-0.4, -0.2) is 25.7 Å². The minimum atomic E-state index is 0.0455. The Morgan fingerprint density at radius 1 is 1.28 bits per heavy atom. The van der Waals surface area contributed by atoms with Gasteiger partial charge in [0.15, 0.2) is 0 Å². The van der Waals surface area contributed by atoms with E-state index in [0.717, 1.165) is 17.9 Å². The Hall–Kier alpha value is -1.71. The van der Waals surface area contributed by atoms with E-state index in [2.05, 4.69) is 10.6 Å². The van der Waals surface area contributed by atoms with Crippen molar-refractivity contribution in [3.8, 4) is 0 Å². The Kier molecular flexibility index (Phi) is 2.86. The molecule has 1 unspecified atom stereocenters. The largest absolute Gasteiger partial charge is 0.388 e. The van der Waals surface area contributed by atoms with Crippen LogP contribution in [0.5, 0.6) is 0 Å². The van der Waals surface area contributed by atoms with Gasteiger partial charge < -0.3 is 10.6 Å². The van der Waals surface area contributed by atoms with Crippen molar-refractivity contribution in [2.75, 3.05) is 23.8 Å². The van der Waals surface area contributed by atoms with Crippen molar-refractivity contribution in [1.29, 1.82) is 0 Å². The van der Waals surface area contributed by atoms with Crippen molar-refractivity contribution >= 4 is 17.4 Å². The summed E-state index contributed by atoms with van der Waals surface area (Å²) in [6.45, 7) is 0.808. The molecule has 2 fully saturated rings. The first-order valence-corrected chi connectivity index (χ1v) is 6.64. The number of amides is 2. The monoisotopic (exact) mass is 245 g/mol. The number of hydrogen-bond acceptors (Lipinski definition) is 2. The van der Waals surface area contributed by atoms with Crippen LogP contribution in [0.2, 0.25) is 0 Å². The summed E-state index contributed by atoms with van der Waals surface area (Å²) >= 11 is 0. The second-order valence-corrected chi connectivity index (χ2v) is 5.15. The van der Waals surface area contributed by atoms with Crippen LogP contribution in [0.1, 0.15) is 19.3 Å². The van der Waals surface area contributed by atoms with Crippen LogP contribution in [0.4, 0.5) is 16.2 Å². The number of carbonyl (C=O) groups excluding carboxylic acids is 1. The molecule has 0 bridgehead atoms. The van der Waals surface area contributed by atoms with E-state index in [-0.39, 0.29) is 6.03 Å². The number of urea groups is 1. The van der Waals surface area contributed by atoms with Gasteiger partial charge >= 0.3 is 6.03 Å². The van der Waals surface area contributed by atoms with E-state index in [1.807, 2.05) is 36.2 Å². The second kappa shape index (κ2) is 4.52. The number of nitrogens with one attached hydrogen (secondary N) is 2. The van der Waals surface area contributed by atoms with Gasteiger partial charge in [-0.05, 0) is 43.0 Å². The van der Waals surface area contributed by atoms with E-state index in [4.69, 9.17) is 0 Å². The zero-order chi connectivity index (χ0) is 12.5. The molecule has 0 radical (unpaired) electrons. The smallest absolute Gasteiger partial charge is 0.322 e. The Balaban J connectivity index is 1.73. The Morgan fingerprint density at radius 2 is 2.00 bits per heavy atom. The van der Waals surface area contributed by atoms with Gasteiger partial charge in [-0.1, -0.05) is 6.42 Å². The number of nitrogens with zero attached hydrogens (tertiary/aromatic N) is 1. The van der Waals surface area contributed by atoms with Gasteiger partial charge in [0.05, 0.1) is 6.04 Å². The number of carbonyl (C=O) groups is 1. The maximum absolute atomic E-state index is 12.0. The maximum Gasteiger partial charge on any atom is 0.322 e. The zero-order valence-electron chi connectivity index (χ0n) is 10.6. The molecule has 2 aliphatic rings. The van der Waals surface area contributed by atoms with Crippen molar-refractivity contribution in [2.45, 2.75) is 25.3 Å². The van der Waals surface area contributed by atoms with Crippen LogP contribution in [0, 0.1) is 5.92 Å². The first-order valence-electron chi connectivity index (χ1n) is 6.64. The molecule has 1 aromatic rings. The van der Waals surface area contributed by atoms with Crippen molar-refractivity contribution in [3.05, 3.63) is 24.3 Å². The highest BCUT2D eigenvalue weighted by Gasteiger charge is 2.37. The number of anilines is 2. The van der Waals surface area contributed by atoms with Gasteiger partial charge in [-0.25, -0.2) is 4.79 Å². The van der Waals surface area contributed by atoms with Crippen LogP contribution in [-0.2, 0) is 0 Å². The molecular formula is C14H19N3O. The lowest BCUT2D eigenvalue weighted by atomic mass is 9.80. The molecule has 1 saturated heterocycles. The number of hydrogen-bond donors (Lipinski definition) is 2. The van der Waals surface area contributed by atoms with E-state index in [9.17, 15) is 4.79 Å². The predicted octanol–water partition coefficient (Wildman–Crippen LogP) is 2.43. The fourth-order valence-electron chi connectivity index (χ4n) is 2.70. The Bertz CT molecular complexity index is 439. The predicted molar refractivity (Wildman–Crippen MR) is 73.0 cm³/mol. The molecule has 18 heavy (non-hydrogen) atoms. The lowest BCUT2D eigenvalue weighted by Gasteiger charge is -2.30. The summed E-state index contributed by atoms with van der Waals surface area (Å²) in [5.41, 5.74) is 2.04. The average Bonchev–Trinajstić information content (AvgIpc) is 2.69. The summed E-state index contributed by atoms with van der Waals surface area (Å²) in [6.07, 6.45) is 3.84. The van der Waals surface area contributed by atoms with Gasteiger partial charge in [0.1, 0.15) is 0 Å². The van der Waals surface area contributed by atoms with E-state index in [1.165, 1.54) is 19.3 Å². The standard InChI is InChI=1S/C14H19N3O/c1-15-11-5-7-12(8-6-11)17-9-13(16-14(17)18)10-3-2-4-10/h5-8,10,13,15H,2-4,9H2,1H3,(H,16,18). The van der Waals surface area contributed by atoms with Crippen molar-refractivity contribution in [2.24, 2.45) is 5.92 Å². The zero-order valence-corrected chi connectivity index (χ0v) is 10.6. The van der Waals surface area contributed by atoms with Gasteiger partial charge in [0, 0.05) is 25.0 Å². The molecule has 1 saturated carbocycles. The fraction of sp³-hybridized carbons (Fsp3) is 0.500. The van der Waals surface area contributed by atoms with E-state index < -0.39 is 0 Å². The molecule has 96 valence electrons. The summed E-state index contributed by atoms with van der Waals surface area (Å²) < 4.78 is 0. The molecule has 1 aliphatic heterocycles. The molecule has 2 N–H and O–H groups in total. The summed E-state index contributed by atoms with van der Waals surface area (Å²) in [7, 11) is 1.89. The molecule has 0 aromatic heterocycles. The molecular weight excluding hydrogens is 226 g/mol. The van der Waals surface area contributed by atoms with Crippen molar-refractivity contribution in [3.63, 3.8) is 0 Å². The minimum absolute atomic E-state index is 0.0455. The Labute approximate surface area is 107 Å². The van der Waals surface area contributed by atoms with Crippen LogP contribution >= 0.6 is 0 Å². The second-order valence-electron chi connectivity index (χ2n) is 5.15. The lowest BCUT2D eigenvalue weighted by molar-refractivity contribution is 0.234. The number of rotatable bonds is 3. The van der Waals surface area contributed by atoms with E-state index in [0.29, 0.717) is 12.0 Å². The third kappa shape index (κ3) is 1.92. The molecule has 1 aromatic carbocycles. The average molecular weight is 245 g/mol. The first-order chi connectivity index (χ1) is 8.78. The molecule has 2 amide bonds. The maximum atomic E-state index is 12.0. The SMILES string of the molecule is CNc1ccc(N2CC(C3CCC3)NC2=O)cc1. The fourth-order valence-corrected chi connectivity index (χ4v) is 2.70. The molecule has 4 heteroatoms. The molecule has 4 nitrogen and oxygen atoms in total. The highest BCUT2D eigenvalue weighted by Crippen LogP contribution is 2.33. The minimum Gasteiger partial charge on any atom is -0.388 e. The van der Waals surface area contributed by atoms with Crippen LogP contribution < -0.4 is 15.5 Å². The van der Waals surface area contributed by atoms with Crippen molar-refractivity contribution in [1.82, 2.24) is 5.32 Å². The van der Waals surface area contributed by atoms with Gasteiger partial charge in [0.2, 0.25) is 0 Å². The Morgan fingerprint density at radius 3 is 2.56 bits per heavy atom.